The molecule has 7 nitrogen and oxygen atoms in total. The quantitative estimate of drug-likeness (QED) is 0.845. The summed E-state index contributed by atoms with van der Waals surface area (Å²) in [7, 11) is -3.31. The lowest BCUT2D eigenvalue weighted by atomic mass is 9.81. The third-order valence-electron chi connectivity index (χ3n) is 6.29. The molecule has 3 unspecified atom stereocenters. The second kappa shape index (κ2) is 6.51. The molecule has 0 bridgehead atoms. The van der Waals surface area contributed by atoms with Gasteiger partial charge in [-0.2, -0.15) is 0 Å². The molecule has 1 aliphatic carbocycles. The summed E-state index contributed by atoms with van der Waals surface area (Å²) in [6.07, 6.45) is 4.95. The van der Waals surface area contributed by atoms with Gasteiger partial charge >= 0.3 is 5.97 Å². The molecule has 2 heterocycles. The van der Waals surface area contributed by atoms with Gasteiger partial charge in [-0.15, -0.1) is 0 Å². The number of likely N-dealkylation sites (tertiary alicyclic amines) is 1. The minimum Gasteiger partial charge on any atom is -0.481 e. The third-order valence-corrected chi connectivity index (χ3v) is 7.47. The molecule has 0 aromatic heterocycles. The molecule has 1 saturated carbocycles. The van der Waals surface area contributed by atoms with E-state index in [1.165, 1.54) is 10.6 Å². The van der Waals surface area contributed by atoms with Gasteiger partial charge in [0.05, 0.1) is 17.9 Å². The summed E-state index contributed by atoms with van der Waals surface area (Å²) in [5, 5.41) is 9.47. The summed E-state index contributed by atoms with van der Waals surface area (Å²) in [6, 6.07) is 5.20. The summed E-state index contributed by atoms with van der Waals surface area (Å²) in [5.41, 5.74) is 2.08. The van der Waals surface area contributed by atoms with E-state index in [0.717, 1.165) is 24.8 Å². The fraction of sp³-hybridized carbons (Fsp3) is 0.579. The number of carboxylic acid groups (broad SMARTS) is 1. The van der Waals surface area contributed by atoms with Crippen molar-refractivity contribution in [2.75, 3.05) is 23.7 Å². The van der Waals surface area contributed by atoms with Crippen LogP contribution >= 0.6 is 0 Å². The number of hydrogen-bond acceptors (Lipinski definition) is 4. The molecule has 4 rings (SSSR count). The van der Waals surface area contributed by atoms with Gasteiger partial charge in [-0.3, -0.25) is 13.9 Å². The fourth-order valence-electron chi connectivity index (χ4n) is 5.06. The van der Waals surface area contributed by atoms with Crippen LogP contribution in [0.1, 0.15) is 41.6 Å². The van der Waals surface area contributed by atoms with E-state index < -0.39 is 16.0 Å². The Morgan fingerprint density at radius 1 is 1.15 bits per heavy atom. The highest BCUT2D eigenvalue weighted by Gasteiger charge is 2.45. The summed E-state index contributed by atoms with van der Waals surface area (Å²) in [6.45, 7) is 0.865. The molecule has 146 valence electrons. The van der Waals surface area contributed by atoms with Crippen LogP contribution in [0.15, 0.2) is 18.2 Å². The first kappa shape index (κ1) is 18.3. The van der Waals surface area contributed by atoms with E-state index in [2.05, 4.69) is 0 Å². The van der Waals surface area contributed by atoms with Crippen molar-refractivity contribution in [1.29, 1.82) is 0 Å². The van der Waals surface area contributed by atoms with Crippen LogP contribution in [0.5, 0.6) is 0 Å². The maximum Gasteiger partial charge on any atom is 0.306 e. The third kappa shape index (κ3) is 3.09. The van der Waals surface area contributed by atoms with E-state index in [1.54, 1.807) is 18.2 Å². The molecule has 1 amide bonds. The number of fused-ring (bicyclic) bond motifs is 2. The number of nitrogens with zero attached hydrogens (tertiary/aromatic N) is 2. The van der Waals surface area contributed by atoms with Crippen molar-refractivity contribution in [1.82, 2.24) is 4.90 Å². The molecule has 3 aliphatic rings. The van der Waals surface area contributed by atoms with Crippen molar-refractivity contribution in [2.45, 2.75) is 38.1 Å². The largest absolute Gasteiger partial charge is 0.481 e. The molecule has 3 atom stereocenters. The van der Waals surface area contributed by atoms with Crippen molar-refractivity contribution in [3.05, 3.63) is 29.3 Å². The Bertz CT molecular complexity index is 897. The highest BCUT2D eigenvalue weighted by molar-refractivity contribution is 7.92. The number of benzene rings is 1. The molecule has 1 N–H and O–H groups in total. The van der Waals surface area contributed by atoms with Crippen molar-refractivity contribution in [2.24, 2.45) is 11.8 Å². The molecule has 8 heteroatoms. The van der Waals surface area contributed by atoms with Gasteiger partial charge in [0, 0.05) is 24.7 Å². The fourth-order valence-corrected chi connectivity index (χ4v) is 6.02. The zero-order valence-corrected chi connectivity index (χ0v) is 16.1. The van der Waals surface area contributed by atoms with Gasteiger partial charge in [0.15, 0.2) is 0 Å². The predicted octanol–water partition coefficient (Wildman–Crippen LogP) is 1.72. The molecule has 1 aromatic rings. The highest BCUT2D eigenvalue weighted by atomic mass is 32.2. The molecule has 0 radical (unpaired) electrons. The lowest BCUT2D eigenvalue weighted by molar-refractivity contribution is -0.146. The number of sulfonamides is 1. The van der Waals surface area contributed by atoms with Crippen LogP contribution in [0, 0.1) is 11.8 Å². The van der Waals surface area contributed by atoms with Gasteiger partial charge in [-0.1, -0.05) is 6.42 Å². The molecule has 1 saturated heterocycles. The van der Waals surface area contributed by atoms with Crippen LogP contribution in [0.4, 0.5) is 5.69 Å². The van der Waals surface area contributed by atoms with Crippen molar-refractivity contribution in [3.8, 4) is 0 Å². The molecular formula is C19H24N2O5S. The zero-order chi connectivity index (χ0) is 19.3. The van der Waals surface area contributed by atoms with Crippen molar-refractivity contribution in [3.63, 3.8) is 0 Å². The van der Waals surface area contributed by atoms with Crippen LogP contribution in [0.2, 0.25) is 0 Å². The van der Waals surface area contributed by atoms with Gasteiger partial charge in [-0.25, -0.2) is 8.42 Å². The summed E-state index contributed by atoms with van der Waals surface area (Å²) in [5.74, 6) is -1.14. The normalized spacial score (nSPS) is 27.4. The van der Waals surface area contributed by atoms with Gasteiger partial charge < -0.3 is 10.0 Å². The summed E-state index contributed by atoms with van der Waals surface area (Å²) in [4.78, 5) is 26.5. The van der Waals surface area contributed by atoms with Crippen LogP contribution in [0.25, 0.3) is 0 Å². The van der Waals surface area contributed by atoms with Crippen molar-refractivity contribution < 1.29 is 23.1 Å². The first-order valence-corrected chi connectivity index (χ1v) is 11.3. The number of anilines is 1. The number of carbonyl (C=O) groups is 2. The van der Waals surface area contributed by atoms with E-state index in [1.807, 2.05) is 4.90 Å². The first-order chi connectivity index (χ1) is 12.8. The molecule has 1 aromatic carbocycles. The number of amides is 1. The topological polar surface area (TPSA) is 95.0 Å². The van der Waals surface area contributed by atoms with E-state index in [0.29, 0.717) is 37.2 Å². The monoisotopic (exact) mass is 392 g/mol. The minimum absolute atomic E-state index is 0.00637. The van der Waals surface area contributed by atoms with E-state index in [4.69, 9.17) is 0 Å². The maximum absolute atomic E-state index is 13.1. The molecule has 0 spiro atoms. The van der Waals surface area contributed by atoms with Gasteiger partial charge in [0.1, 0.15) is 0 Å². The van der Waals surface area contributed by atoms with Crippen molar-refractivity contribution >= 4 is 27.6 Å². The number of carboxylic acids is 1. The number of hydrogen-bond donors (Lipinski definition) is 1. The van der Waals surface area contributed by atoms with E-state index >= 15 is 0 Å². The van der Waals surface area contributed by atoms with Gasteiger partial charge in [-0.05, 0) is 55.4 Å². The van der Waals surface area contributed by atoms with E-state index in [-0.39, 0.29) is 23.8 Å². The standard InChI is InChI=1S/C19H24N2O5S/c1-27(25,26)21-10-7-12-11-13(5-6-16(12)21)18(22)20-9-8-15(19(23)24)14-3-2-4-17(14)20/h5-6,11,14-15,17H,2-4,7-10H2,1H3,(H,23,24). The lowest BCUT2D eigenvalue weighted by Gasteiger charge is -2.41. The average molecular weight is 392 g/mol. The Kier molecular flexibility index (Phi) is 4.41. The summed E-state index contributed by atoms with van der Waals surface area (Å²) < 4.78 is 25.1. The average Bonchev–Trinajstić information content (AvgIpc) is 3.25. The Labute approximate surface area is 159 Å². The lowest BCUT2D eigenvalue weighted by Crippen LogP contribution is -2.51. The Balaban J connectivity index is 1.58. The SMILES string of the molecule is CS(=O)(=O)N1CCc2cc(C(=O)N3CCC(C(=O)O)C4CCCC43)ccc21. The number of carbonyl (C=O) groups excluding carboxylic acids is 1. The Morgan fingerprint density at radius 3 is 2.63 bits per heavy atom. The van der Waals surface area contributed by atoms with E-state index in [9.17, 15) is 23.1 Å². The highest BCUT2D eigenvalue weighted by Crippen LogP contribution is 2.41. The van der Waals surface area contributed by atoms with Gasteiger partial charge in [0.2, 0.25) is 10.0 Å². The smallest absolute Gasteiger partial charge is 0.306 e. The molecule has 2 aliphatic heterocycles. The van der Waals surface area contributed by atoms with Crippen LogP contribution in [0.3, 0.4) is 0 Å². The summed E-state index contributed by atoms with van der Waals surface area (Å²) >= 11 is 0. The first-order valence-electron chi connectivity index (χ1n) is 9.42. The predicted molar refractivity (Wildman–Crippen MR) is 100 cm³/mol. The minimum atomic E-state index is -3.31. The number of piperidine rings is 1. The maximum atomic E-state index is 13.1. The van der Waals surface area contributed by atoms with Crippen LogP contribution < -0.4 is 4.31 Å². The van der Waals surface area contributed by atoms with Crippen LogP contribution in [-0.2, 0) is 21.2 Å². The second-order valence-corrected chi connectivity index (χ2v) is 9.73. The molecular weight excluding hydrogens is 368 g/mol. The van der Waals surface area contributed by atoms with Crippen LogP contribution in [-0.4, -0.2) is 55.7 Å². The zero-order valence-electron chi connectivity index (χ0n) is 15.3. The van der Waals surface area contributed by atoms with Gasteiger partial charge in [0.25, 0.3) is 5.91 Å². The molecule has 2 fully saturated rings. The molecule has 27 heavy (non-hydrogen) atoms. The Hall–Kier alpha value is -2.09. The second-order valence-electron chi connectivity index (χ2n) is 7.82. The number of aliphatic carboxylic acids is 1. The number of rotatable bonds is 3. The Morgan fingerprint density at radius 2 is 1.93 bits per heavy atom.